The highest BCUT2D eigenvalue weighted by Gasteiger charge is 2.22. The molecule has 0 aliphatic carbocycles. The molecule has 0 aliphatic heterocycles. The zero-order chi connectivity index (χ0) is 21.7. The lowest BCUT2D eigenvalue weighted by Gasteiger charge is -2.22. The highest BCUT2D eigenvalue weighted by molar-refractivity contribution is 5.97. The molecule has 0 spiro atoms. The molecule has 0 N–H and O–H groups in total. The summed E-state index contributed by atoms with van der Waals surface area (Å²) in [5.41, 5.74) is 0.512. The predicted molar refractivity (Wildman–Crippen MR) is 116 cm³/mol. The third-order valence-corrected chi connectivity index (χ3v) is 4.20. The summed E-state index contributed by atoms with van der Waals surface area (Å²) < 4.78 is 16.3. The van der Waals surface area contributed by atoms with Crippen LogP contribution in [0, 0.1) is 0 Å². The molecule has 3 aromatic rings. The summed E-state index contributed by atoms with van der Waals surface area (Å²) in [4.78, 5) is 24.6. The highest BCUT2D eigenvalue weighted by Crippen LogP contribution is 2.27. The van der Waals surface area contributed by atoms with Crippen molar-refractivity contribution in [3.05, 3.63) is 83.6 Å². The first kappa shape index (κ1) is 21.1. The quantitative estimate of drug-likeness (QED) is 0.247. The maximum Gasteiger partial charge on any atom is 0.379 e. The molecule has 0 aliphatic rings. The topological polar surface area (TPSA) is 61.8 Å². The summed E-state index contributed by atoms with van der Waals surface area (Å²) in [6.45, 7) is 5.56. The second-order valence-corrected chi connectivity index (χ2v) is 7.70. The van der Waals surface area contributed by atoms with E-state index in [1.54, 1.807) is 36.4 Å². The molecule has 30 heavy (non-hydrogen) atoms. The Hall–Kier alpha value is -3.60. The van der Waals surface area contributed by atoms with Crippen molar-refractivity contribution in [2.75, 3.05) is 7.11 Å². The van der Waals surface area contributed by atoms with Gasteiger partial charge in [-0.2, -0.15) is 0 Å². The Kier molecular flexibility index (Phi) is 6.21. The van der Waals surface area contributed by atoms with Crippen molar-refractivity contribution in [3.8, 4) is 5.75 Å². The van der Waals surface area contributed by atoms with Gasteiger partial charge >= 0.3 is 11.9 Å². The number of rotatable bonds is 5. The molecule has 0 radical (unpaired) electrons. The van der Waals surface area contributed by atoms with Crippen molar-refractivity contribution in [1.82, 2.24) is 0 Å². The van der Waals surface area contributed by atoms with E-state index in [9.17, 15) is 9.59 Å². The first-order chi connectivity index (χ1) is 14.3. The van der Waals surface area contributed by atoms with Crippen LogP contribution in [0.5, 0.6) is 5.75 Å². The van der Waals surface area contributed by atoms with E-state index in [1.807, 2.05) is 57.2 Å². The van der Waals surface area contributed by atoms with Crippen LogP contribution in [-0.4, -0.2) is 24.6 Å². The minimum absolute atomic E-state index is 0.0706. The maximum absolute atomic E-state index is 13.0. The fourth-order valence-corrected chi connectivity index (χ4v) is 2.88. The van der Waals surface area contributed by atoms with Gasteiger partial charge in [0.25, 0.3) is 0 Å². The molecule has 0 bridgehead atoms. The van der Waals surface area contributed by atoms with Crippen molar-refractivity contribution in [2.24, 2.45) is 0 Å². The molecule has 3 rings (SSSR count). The van der Waals surface area contributed by atoms with Gasteiger partial charge in [0, 0.05) is 5.39 Å². The Balaban J connectivity index is 1.92. The maximum atomic E-state index is 13.0. The van der Waals surface area contributed by atoms with Crippen molar-refractivity contribution < 1.29 is 23.8 Å². The van der Waals surface area contributed by atoms with Gasteiger partial charge in [-0.25, -0.2) is 9.59 Å². The summed E-state index contributed by atoms with van der Waals surface area (Å²) in [5, 5.41) is 1.81. The van der Waals surface area contributed by atoms with Gasteiger partial charge in [-0.1, -0.05) is 48.5 Å². The van der Waals surface area contributed by atoms with Gasteiger partial charge in [-0.15, -0.1) is 0 Å². The summed E-state index contributed by atoms with van der Waals surface area (Å²) in [6, 6.07) is 19.9. The van der Waals surface area contributed by atoms with E-state index in [-0.39, 0.29) is 5.76 Å². The van der Waals surface area contributed by atoms with Crippen LogP contribution in [0.3, 0.4) is 0 Å². The second kappa shape index (κ2) is 8.82. The van der Waals surface area contributed by atoms with E-state index in [0.717, 1.165) is 10.8 Å². The number of benzene rings is 3. The van der Waals surface area contributed by atoms with E-state index in [2.05, 4.69) is 0 Å². The average Bonchev–Trinajstić information content (AvgIpc) is 2.72. The van der Waals surface area contributed by atoms with Gasteiger partial charge in [0.2, 0.25) is 5.76 Å². The number of esters is 2. The molecular weight excluding hydrogens is 380 g/mol. The fraction of sp³-hybridized carbons (Fsp3) is 0.200. The molecule has 0 atom stereocenters. The molecule has 0 amide bonds. The lowest BCUT2D eigenvalue weighted by molar-refractivity contribution is -0.136. The third kappa shape index (κ3) is 5.26. The molecular formula is C25H24O5. The summed E-state index contributed by atoms with van der Waals surface area (Å²) >= 11 is 0. The van der Waals surface area contributed by atoms with Crippen LogP contribution in [0.15, 0.2) is 72.5 Å². The first-order valence-corrected chi connectivity index (χ1v) is 9.56. The van der Waals surface area contributed by atoms with Gasteiger partial charge in [0.05, 0.1) is 12.7 Å². The van der Waals surface area contributed by atoms with E-state index in [4.69, 9.17) is 14.2 Å². The van der Waals surface area contributed by atoms with Crippen LogP contribution >= 0.6 is 0 Å². The molecule has 154 valence electrons. The van der Waals surface area contributed by atoms with Gasteiger partial charge in [0.1, 0.15) is 11.4 Å². The predicted octanol–water partition coefficient (Wildman–Crippen LogP) is 5.39. The van der Waals surface area contributed by atoms with Gasteiger partial charge in [-0.3, -0.25) is 0 Å². The number of carbonyl (C=O) groups is 2. The highest BCUT2D eigenvalue weighted by atomic mass is 16.6. The van der Waals surface area contributed by atoms with Gasteiger partial charge in [-0.05, 0) is 56.0 Å². The molecule has 0 fully saturated rings. The number of carbonyl (C=O) groups excluding carboxylic acids is 2. The zero-order valence-corrected chi connectivity index (χ0v) is 17.5. The molecule has 0 saturated heterocycles. The SMILES string of the molecule is COC(=O)c1ccc(C=C(OC(C)(C)C)C(=O)Oc2cccc3ccccc23)cc1. The number of methoxy groups -OCH3 is 1. The Morgan fingerprint density at radius 1 is 0.867 bits per heavy atom. The molecule has 0 unspecified atom stereocenters. The zero-order valence-electron chi connectivity index (χ0n) is 17.5. The molecule has 3 aromatic carbocycles. The smallest absolute Gasteiger partial charge is 0.379 e. The van der Waals surface area contributed by atoms with E-state index in [1.165, 1.54) is 7.11 Å². The van der Waals surface area contributed by atoms with Crippen LogP contribution in [0.1, 0.15) is 36.7 Å². The first-order valence-electron chi connectivity index (χ1n) is 9.56. The standard InChI is InChI=1S/C25H24O5/c1-25(2,3)30-22(16-17-12-14-19(15-13-17)23(26)28-4)24(27)29-21-11-7-9-18-8-5-6-10-20(18)21/h5-16H,1-4H3. The minimum Gasteiger partial charge on any atom is -0.481 e. The molecule has 0 saturated carbocycles. The van der Waals surface area contributed by atoms with Crippen LogP contribution < -0.4 is 4.74 Å². The van der Waals surface area contributed by atoms with Crippen molar-refractivity contribution in [3.63, 3.8) is 0 Å². The van der Waals surface area contributed by atoms with E-state index < -0.39 is 17.5 Å². The van der Waals surface area contributed by atoms with Crippen LogP contribution in [0.4, 0.5) is 0 Å². The molecule has 0 heterocycles. The number of hydrogen-bond donors (Lipinski definition) is 0. The summed E-state index contributed by atoms with van der Waals surface area (Å²) in [7, 11) is 1.33. The Morgan fingerprint density at radius 3 is 2.20 bits per heavy atom. The van der Waals surface area contributed by atoms with Crippen LogP contribution in [-0.2, 0) is 14.3 Å². The fourth-order valence-electron chi connectivity index (χ4n) is 2.88. The van der Waals surface area contributed by atoms with Gasteiger partial charge < -0.3 is 14.2 Å². The Bertz CT molecular complexity index is 1080. The third-order valence-electron chi connectivity index (χ3n) is 4.20. The van der Waals surface area contributed by atoms with Gasteiger partial charge in [0.15, 0.2) is 0 Å². The summed E-state index contributed by atoms with van der Waals surface area (Å²) in [6.07, 6.45) is 1.60. The monoisotopic (exact) mass is 404 g/mol. The van der Waals surface area contributed by atoms with Crippen molar-refractivity contribution >= 4 is 28.8 Å². The Labute approximate surface area is 175 Å². The van der Waals surface area contributed by atoms with E-state index in [0.29, 0.717) is 16.9 Å². The number of ether oxygens (including phenoxy) is 3. The lowest BCUT2D eigenvalue weighted by Crippen LogP contribution is -2.24. The molecule has 0 aromatic heterocycles. The van der Waals surface area contributed by atoms with Crippen molar-refractivity contribution in [2.45, 2.75) is 26.4 Å². The Morgan fingerprint density at radius 2 is 1.53 bits per heavy atom. The minimum atomic E-state index is -0.602. The normalized spacial score (nSPS) is 11.8. The van der Waals surface area contributed by atoms with Crippen LogP contribution in [0.2, 0.25) is 0 Å². The second-order valence-electron chi connectivity index (χ2n) is 7.70. The van der Waals surface area contributed by atoms with Crippen LogP contribution in [0.25, 0.3) is 16.8 Å². The van der Waals surface area contributed by atoms with E-state index >= 15 is 0 Å². The summed E-state index contributed by atoms with van der Waals surface area (Å²) in [5.74, 6) is -0.491. The number of hydrogen-bond acceptors (Lipinski definition) is 5. The molecule has 5 nitrogen and oxygen atoms in total. The molecule has 5 heteroatoms. The largest absolute Gasteiger partial charge is 0.481 e. The van der Waals surface area contributed by atoms with Crippen molar-refractivity contribution in [1.29, 1.82) is 0 Å². The average molecular weight is 404 g/mol. The number of fused-ring (bicyclic) bond motifs is 1. The lowest BCUT2D eigenvalue weighted by atomic mass is 10.1.